The van der Waals surface area contributed by atoms with Crippen molar-refractivity contribution in [1.82, 2.24) is 5.16 Å². The van der Waals surface area contributed by atoms with Crippen LogP contribution in [0, 0.1) is 6.92 Å². The minimum Gasteiger partial charge on any atom is -0.354 e. The van der Waals surface area contributed by atoms with Crippen molar-refractivity contribution in [2.45, 2.75) is 25.2 Å². The Morgan fingerprint density at radius 1 is 1.17 bits per heavy atom. The molecule has 0 fully saturated rings. The van der Waals surface area contributed by atoms with Gasteiger partial charge in [0.2, 0.25) is 5.91 Å². The van der Waals surface area contributed by atoms with E-state index in [1.54, 1.807) is 56.3 Å². The first kappa shape index (κ1) is 21.8. The summed E-state index contributed by atoms with van der Waals surface area (Å²) in [5.74, 6) is 0.283. The molecule has 30 heavy (non-hydrogen) atoms. The van der Waals surface area contributed by atoms with Crippen molar-refractivity contribution in [3.8, 4) is 0 Å². The zero-order chi connectivity index (χ0) is 21.7. The number of carbonyl (C=O) groups is 1. The quantitative estimate of drug-likeness (QED) is 0.482. The number of sulfonamides is 1. The number of amides is 1. The number of halogens is 1. The Labute approximate surface area is 183 Å². The molecule has 0 radical (unpaired) electrons. The van der Waals surface area contributed by atoms with E-state index in [0.717, 1.165) is 10.0 Å². The van der Waals surface area contributed by atoms with E-state index in [2.05, 4.69) is 31.1 Å². The second-order valence-electron chi connectivity index (χ2n) is 6.43. The van der Waals surface area contributed by atoms with E-state index >= 15 is 0 Å². The van der Waals surface area contributed by atoms with Crippen molar-refractivity contribution in [3.05, 3.63) is 70.0 Å². The van der Waals surface area contributed by atoms with Crippen LogP contribution < -0.4 is 10.0 Å². The molecule has 0 saturated heterocycles. The van der Waals surface area contributed by atoms with Crippen LogP contribution in [0.1, 0.15) is 30.4 Å². The molecule has 2 N–H and O–H groups in total. The van der Waals surface area contributed by atoms with E-state index in [0.29, 0.717) is 29.2 Å². The maximum atomic E-state index is 12.6. The molecule has 0 spiro atoms. The highest BCUT2D eigenvalue weighted by atomic mass is 79.9. The van der Waals surface area contributed by atoms with Gasteiger partial charge in [0, 0.05) is 16.6 Å². The Kier molecular flexibility index (Phi) is 6.73. The Balaban J connectivity index is 1.75. The lowest BCUT2D eigenvalue weighted by Gasteiger charge is -2.08. The summed E-state index contributed by atoms with van der Waals surface area (Å²) >= 11 is 3.32. The molecule has 1 amide bonds. The molecule has 0 aliphatic rings. The fourth-order valence-corrected chi connectivity index (χ4v) is 4.03. The monoisotopic (exact) mass is 489 g/mol. The second-order valence-corrected chi connectivity index (χ2v) is 9.03. The fourth-order valence-electron chi connectivity index (χ4n) is 2.58. The number of rotatable bonds is 7. The van der Waals surface area contributed by atoms with Gasteiger partial charge < -0.3 is 9.84 Å². The summed E-state index contributed by atoms with van der Waals surface area (Å²) in [4.78, 5) is 11.8. The van der Waals surface area contributed by atoms with Crippen LogP contribution in [0.25, 0.3) is 12.2 Å². The third-order valence-electron chi connectivity index (χ3n) is 4.17. The summed E-state index contributed by atoms with van der Waals surface area (Å²) in [5.41, 5.74) is 2.33. The maximum Gasteiger partial charge on any atom is 0.261 e. The van der Waals surface area contributed by atoms with Gasteiger partial charge in [-0.3, -0.25) is 9.52 Å². The number of nitrogens with one attached hydrogen (secondary N) is 2. The largest absolute Gasteiger partial charge is 0.354 e. The van der Waals surface area contributed by atoms with Gasteiger partial charge in [0.15, 0.2) is 5.76 Å². The Morgan fingerprint density at radius 2 is 1.90 bits per heavy atom. The number of anilines is 2. The minimum absolute atomic E-state index is 0.136. The van der Waals surface area contributed by atoms with Crippen LogP contribution in [0.15, 0.2) is 62.4 Å². The Morgan fingerprint density at radius 3 is 2.57 bits per heavy atom. The molecule has 1 aromatic heterocycles. The van der Waals surface area contributed by atoms with Crippen LogP contribution in [0.3, 0.4) is 0 Å². The van der Waals surface area contributed by atoms with Gasteiger partial charge in [0.1, 0.15) is 11.4 Å². The molecule has 0 aliphatic carbocycles. The number of benzene rings is 2. The van der Waals surface area contributed by atoms with Crippen LogP contribution in [-0.2, 0) is 14.8 Å². The smallest absolute Gasteiger partial charge is 0.261 e. The van der Waals surface area contributed by atoms with E-state index in [9.17, 15) is 13.2 Å². The Bertz CT molecular complexity index is 1190. The maximum absolute atomic E-state index is 12.6. The highest BCUT2D eigenvalue weighted by Crippen LogP contribution is 2.24. The van der Waals surface area contributed by atoms with Crippen molar-refractivity contribution in [1.29, 1.82) is 0 Å². The number of aryl methyl sites for hydroxylation is 1. The summed E-state index contributed by atoms with van der Waals surface area (Å²) in [5, 5.41) is 6.64. The summed E-state index contributed by atoms with van der Waals surface area (Å²) in [6.07, 6.45) is 3.77. The van der Waals surface area contributed by atoms with Crippen LogP contribution in [-0.4, -0.2) is 19.5 Å². The number of aromatic nitrogens is 1. The second kappa shape index (κ2) is 9.27. The lowest BCUT2D eigenvalue weighted by molar-refractivity contribution is -0.115. The van der Waals surface area contributed by atoms with E-state index in [-0.39, 0.29) is 10.8 Å². The zero-order valence-corrected chi connectivity index (χ0v) is 18.7. The predicted molar refractivity (Wildman–Crippen MR) is 120 cm³/mol. The van der Waals surface area contributed by atoms with Gasteiger partial charge in [0.05, 0.1) is 4.90 Å². The molecule has 156 valence electrons. The molecule has 9 heteroatoms. The summed E-state index contributed by atoms with van der Waals surface area (Å²) in [7, 11) is -3.70. The molecule has 2 aromatic carbocycles. The lowest BCUT2D eigenvalue weighted by Crippen LogP contribution is -2.12. The van der Waals surface area contributed by atoms with Gasteiger partial charge in [-0.15, -0.1) is 0 Å². The van der Waals surface area contributed by atoms with Crippen molar-refractivity contribution < 1.29 is 17.7 Å². The van der Waals surface area contributed by atoms with Crippen molar-refractivity contribution >= 4 is 55.4 Å². The van der Waals surface area contributed by atoms with Crippen LogP contribution in [0.5, 0.6) is 0 Å². The third-order valence-corrected chi connectivity index (χ3v) is 6.06. The molecular weight excluding hydrogens is 470 g/mol. The van der Waals surface area contributed by atoms with E-state index in [4.69, 9.17) is 4.52 Å². The number of nitrogens with zero attached hydrogens (tertiary/aromatic N) is 1. The standard InChI is InChI=1S/C21H20BrN3O4S/c1-3-20(26)23-21-14(2)24-29-19(21)12-9-15-7-10-18(11-8-15)30(27,28)25-17-6-4-5-16(22)13-17/h4-13,25H,3H2,1-2H3,(H,23,26). The average Bonchev–Trinajstić information content (AvgIpc) is 3.05. The van der Waals surface area contributed by atoms with E-state index in [1.165, 1.54) is 12.1 Å². The van der Waals surface area contributed by atoms with Crippen LogP contribution in [0.4, 0.5) is 11.4 Å². The predicted octanol–water partition coefficient (Wildman–Crippen LogP) is 5.07. The van der Waals surface area contributed by atoms with Gasteiger partial charge in [-0.25, -0.2) is 8.42 Å². The molecule has 1 heterocycles. The normalized spacial score (nSPS) is 11.6. The summed E-state index contributed by atoms with van der Waals surface area (Å²) < 4.78 is 33.7. The van der Waals surface area contributed by atoms with Crippen LogP contribution >= 0.6 is 15.9 Å². The molecule has 0 unspecified atom stereocenters. The number of hydrogen-bond donors (Lipinski definition) is 2. The minimum atomic E-state index is -3.70. The lowest BCUT2D eigenvalue weighted by atomic mass is 10.2. The molecule has 7 nitrogen and oxygen atoms in total. The molecule has 0 saturated carbocycles. The summed E-state index contributed by atoms with van der Waals surface area (Å²) in [6, 6.07) is 13.3. The molecule has 3 rings (SSSR count). The number of hydrogen-bond acceptors (Lipinski definition) is 5. The van der Waals surface area contributed by atoms with Gasteiger partial charge >= 0.3 is 0 Å². The zero-order valence-electron chi connectivity index (χ0n) is 16.3. The molecule has 0 atom stereocenters. The third kappa shape index (κ3) is 5.37. The fraction of sp³-hybridized carbons (Fsp3) is 0.143. The molecule has 0 bridgehead atoms. The highest BCUT2D eigenvalue weighted by Gasteiger charge is 2.15. The van der Waals surface area contributed by atoms with Gasteiger partial charge in [0.25, 0.3) is 10.0 Å². The average molecular weight is 490 g/mol. The molecule has 3 aromatic rings. The van der Waals surface area contributed by atoms with Gasteiger partial charge in [-0.1, -0.05) is 52.3 Å². The first-order valence-electron chi connectivity index (χ1n) is 9.11. The Hall–Kier alpha value is -2.91. The van der Waals surface area contributed by atoms with Crippen molar-refractivity contribution in [2.75, 3.05) is 10.0 Å². The first-order chi connectivity index (χ1) is 14.3. The van der Waals surface area contributed by atoms with E-state index in [1.807, 2.05) is 6.07 Å². The highest BCUT2D eigenvalue weighted by molar-refractivity contribution is 9.10. The molecular formula is C21H20BrN3O4S. The SMILES string of the molecule is CCC(=O)Nc1c(C)noc1C=Cc1ccc(S(=O)(=O)Nc2cccc(Br)c2)cc1. The number of carbonyl (C=O) groups excluding carboxylic acids is 1. The van der Waals surface area contributed by atoms with Crippen molar-refractivity contribution in [2.24, 2.45) is 0 Å². The van der Waals surface area contributed by atoms with Crippen LogP contribution in [0.2, 0.25) is 0 Å². The van der Waals surface area contributed by atoms with Gasteiger partial charge in [-0.05, 0) is 48.9 Å². The topological polar surface area (TPSA) is 101 Å². The first-order valence-corrected chi connectivity index (χ1v) is 11.4. The molecule has 0 aliphatic heterocycles. The summed E-state index contributed by atoms with van der Waals surface area (Å²) in [6.45, 7) is 3.50. The van der Waals surface area contributed by atoms with Gasteiger partial charge in [-0.2, -0.15) is 0 Å². The van der Waals surface area contributed by atoms with Crippen molar-refractivity contribution in [3.63, 3.8) is 0 Å². The van der Waals surface area contributed by atoms with E-state index < -0.39 is 10.0 Å².